The Labute approximate surface area is 155 Å². The van der Waals surface area contributed by atoms with Gasteiger partial charge in [0, 0.05) is 29.4 Å². The summed E-state index contributed by atoms with van der Waals surface area (Å²) in [6, 6.07) is 10.6. The van der Waals surface area contributed by atoms with Crippen LogP contribution in [0.4, 0.5) is 0 Å². The molecule has 1 aliphatic heterocycles. The van der Waals surface area contributed by atoms with Gasteiger partial charge in [-0.1, -0.05) is 31.2 Å². The van der Waals surface area contributed by atoms with E-state index in [1.54, 1.807) is 11.3 Å². The Bertz CT molecular complexity index is 720. The molecule has 1 aliphatic rings. The van der Waals surface area contributed by atoms with Gasteiger partial charge >= 0.3 is 0 Å². The van der Waals surface area contributed by atoms with E-state index in [0.717, 1.165) is 28.5 Å². The highest BCUT2D eigenvalue weighted by molar-refractivity contribution is 7.12. The van der Waals surface area contributed by atoms with E-state index in [-0.39, 0.29) is 5.91 Å². The molecule has 1 saturated heterocycles. The number of rotatable bonds is 5. The van der Waals surface area contributed by atoms with Crippen LogP contribution < -0.4 is 5.32 Å². The van der Waals surface area contributed by atoms with Gasteiger partial charge in [0.25, 0.3) is 5.91 Å². The van der Waals surface area contributed by atoms with Crippen LogP contribution in [0, 0.1) is 19.8 Å². The molecule has 134 valence electrons. The number of aryl methyl sites for hydroxylation is 2. The molecule has 1 fully saturated rings. The zero-order chi connectivity index (χ0) is 17.8. The van der Waals surface area contributed by atoms with Crippen molar-refractivity contribution in [2.75, 3.05) is 13.1 Å². The van der Waals surface area contributed by atoms with Crippen LogP contribution in [0.3, 0.4) is 0 Å². The highest BCUT2D eigenvalue weighted by Gasteiger charge is 2.16. The molecule has 1 unspecified atom stereocenters. The van der Waals surface area contributed by atoms with Crippen molar-refractivity contribution in [3.63, 3.8) is 0 Å². The molecule has 1 N–H and O–H groups in total. The third-order valence-electron chi connectivity index (χ3n) is 4.91. The van der Waals surface area contributed by atoms with E-state index in [1.807, 2.05) is 19.9 Å². The Hall–Kier alpha value is -1.65. The zero-order valence-corrected chi connectivity index (χ0v) is 16.3. The van der Waals surface area contributed by atoms with Gasteiger partial charge < -0.3 is 5.32 Å². The first kappa shape index (κ1) is 18.2. The maximum atomic E-state index is 12.3. The van der Waals surface area contributed by atoms with Crippen molar-refractivity contribution in [1.82, 2.24) is 10.2 Å². The lowest BCUT2D eigenvalue weighted by Crippen LogP contribution is -2.33. The zero-order valence-electron chi connectivity index (χ0n) is 15.5. The van der Waals surface area contributed by atoms with Gasteiger partial charge in [-0.3, -0.25) is 9.69 Å². The van der Waals surface area contributed by atoms with Gasteiger partial charge in [-0.05, 0) is 56.3 Å². The van der Waals surface area contributed by atoms with Crippen molar-refractivity contribution in [2.45, 2.75) is 46.7 Å². The second kappa shape index (κ2) is 8.15. The smallest absolute Gasteiger partial charge is 0.252 e. The number of carbonyl (C=O) groups excluding carboxylic acids is 1. The van der Waals surface area contributed by atoms with Crippen molar-refractivity contribution < 1.29 is 4.79 Å². The van der Waals surface area contributed by atoms with E-state index in [1.165, 1.54) is 36.4 Å². The molecule has 0 bridgehead atoms. The molecule has 4 heteroatoms. The molecule has 2 heterocycles. The van der Waals surface area contributed by atoms with Crippen LogP contribution in [0.15, 0.2) is 30.3 Å². The molecule has 0 saturated carbocycles. The number of carbonyl (C=O) groups is 1. The number of hydrogen-bond donors (Lipinski definition) is 1. The molecule has 3 nitrogen and oxygen atoms in total. The van der Waals surface area contributed by atoms with E-state index in [0.29, 0.717) is 6.54 Å². The molecule has 0 aliphatic carbocycles. The predicted molar refractivity (Wildman–Crippen MR) is 105 cm³/mol. The third kappa shape index (κ3) is 4.93. The average molecular weight is 357 g/mol. The minimum absolute atomic E-state index is 0.0215. The van der Waals surface area contributed by atoms with Gasteiger partial charge in [0.1, 0.15) is 0 Å². The quantitative estimate of drug-likeness (QED) is 0.854. The molecule has 3 rings (SSSR count). The standard InChI is InChI=1S/C21H28N2OS/c1-15-5-4-10-23(13-15)14-19-8-6-18(7-9-19)12-22-21(24)20-11-16(2)25-17(20)3/h6-9,11,15H,4-5,10,12-14H2,1-3H3,(H,22,24). The average Bonchev–Trinajstić information content (AvgIpc) is 2.92. The molecule has 25 heavy (non-hydrogen) atoms. The summed E-state index contributed by atoms with van der Waals surface area (Å²) in [6.45, 7) is 10.4. The Morgan fingerprint density at radius 3 is 2.60 bits per heavy atom. The van der Waals surface area contributed by atoms with Crippen LogP contribution in [0.25, 0.3) is 0 Å². The lowest BCUT2D eigenvalue weighted by atomic mass is 9.99. The largest absolute Gasteiger partial charge is 0.348 e. The molecule has 1 atom stereocenters. The Morgan fingerprint density at radius 1 is 1.24 bits per heavy atom. The van der Waals surface area contributed by atoms with Gasteiger partial charge in [-0.2, -0.15) is 0 Å². The topological polar surface area (TPSA) is 32.3 Å². The van der Waals surface area contributed by atoms with Gasteiger partial charge in [-0.25, -0.2) is 0 Å². The Kier molecular flexibility index (Phi) is 5.92. The number of nitrogens with zero attached hydrogens (tertiary/aromatic N) is 1. The monoisotopic (exact) mass is 356 g/mol. The summed E-state index contributed by atoms with van der Waals surface area (Å²) in [7, 11) is 0. The van der Waals surface area contributed by atoms with E-state index in [4.69, 9.17) is 0 Å². The summed E-state index contributed by atoms with van der Waals surface area (Å²) in [4.78, 5) is 17.1. The fourth-order valence-electron chi connectivity index (χ4n) is 3.58. The summed E-state index contributed by atoms with van der Waals surface area (Å²) in [6.07, 6.45) is 2.67. The number of hydrogen-bond acceptors (Lipinski definition) is 3. The second-order valence-corrected chi connectivity index (χ2v) is 8.77. The third-order valence-corrected chi connectivity index (χ3v) is 5.87. The maximum Gasteiger partial charge on any atom is 0.252 e. The highest BCUT2D eigenvalue weighted by Crippen LogP contribution is 2.21. The molecule has 0 radical (unpaired) electrons. The number of likely N-dealkylation sites (tertiary alicyclic amines) is 1. The fraction of sp³-hybridized carbons (Fsp3) is 0.476. The molecule has 1 aromatic heterocycles. The lowest BCUT2D eigenvalue weighted by Gasteiger charge is -2.30. The van der Waals surface area contributed by atoms with Gasteiger partial charge in [0.05, 0.1) is 5.56 Å². The lowest BCUT2D eigenvalue weighted by molar-refractivity contribution is 0.0951. The maximum absolute atomic E-state index is 12.3. The van der Waals surface area contributed by atoms with E-state index in [9.17, 15) is 4.79 Å². The molecule has 2 aromatic rings. The van der Waals surface area contributed by atoms with Crippen LogP contribution in [0.5, 0.6) is 0 Å². The summed E-state index contributed by atoms with van der Waals surface area (Å²) < 4.78 is 0. The number of thiophene rings is 1. The van der Waals surface area contributed by atoms with Gasteiger partial charge in [0.15, 0.2) is 0 Å². The number of amides is 1. The summed E-state index contributed by atoms with van der Waals surface area (Å²) >= 11 is 1.67. The van der Waals surface area contributed by atoms with Crippen molar-refractivity contribution in [1.29, 1.82) is 0 Å². The van der Waals surface area contributed by atoms with Crippen molar-refractivity contribution >= 4 is 17.2 Å². The van der Waals surface area contributed by atoms with Crippen LogP contribution in [0.1, 0.15) is 51.0 Å². The summed E-state index contributed by atoms with van der Waals surface area (Å²) in [5.41, 5.74) is 3.31. The first-order valence-corrected chi connectivity index (χ1v) is 9.98. The van der Waals surface area contributed by atoms with Gasteiger partial charge in [0.2, 0.25) is 0 Å². The van der Waals surface area contributed by atoms with Crippen molar-refractivity contribution in [2.24, 2.45) is 5.92 Å². The normalized spacial score (nSPS) is 18.3. The first-order chi connectivity index (χ1) is 12.0. The fourth-order valence-corrected chi connectivity index (χ4v) is 4.51. The molecule has 1 amide bonds. The van der Waals surface area contributed by atoms with Crippen LogP contribution in [0.2, 0.25) is 0 Å². The van der Waals surface area contributed by atoms with Gasteiger partial charge in [-0.15, -0.1) is 11.3 Å². The SMILES string of the molecule is Cc1cc(C(=O)NCc2ccc(CN3CCCC(C)C3)cc2)c(C)s1. The van der Waals surface area contributed by atoms with E-state index in [2.05, 4.69) is 41.4 Å². The number of benzene rings is 1. The Balaban J connectivity index is 1.52. The van der Waals surface area contributed by atoms with Crippen molar-refractivity contribution in [3.05, 3.63) is 56.8 Å². The molecule has 1 aromatic carbocycles. The minimum Gasteiger partial charge on any atom is -0.348 e. The highest BCUT2D eigenvalue weighted by atomic mass is 32.1. The number of nitrogens with one attached hydrogen (secondary N) is 1. The first-order valence-electron chi connectivity index (χ1n) is 9.16. The minimum atomic E-state index is 0.0215. The summed E-state index contributed by atoms with van der Waals surface area (Å²) in [5, 5.41) is 3.03. The number of piperidine rings is 1. The predicted octanol–water partition coefficient (Wildman–Crippen LogP) is 4.53. The van der Waals surface area contributed by atoms with E-state index < -0.39 is 0 Å². The van der Waals surface area contributed by atoms with Crippen LogP contribution >= 0.6 is 11.3 Å². The summed E-state index contributed by atoms with van der Waals surface area (Å²) in [5.74, 6) is 0.834. The Morgan fingerprint density at radius 2 is 1.96 bits per heavy atom. The molecular formula is C21H28N2OS. The van der Waals surface area contributed by atoms with Crippen molar-refractivity contribution in [3.8, 4) is 0 Å². The second-order valence-electron chi connectivity index (χ2n) is 7.31. The molecule has 0 spiro atoms. The van der Waals surface area contributed by atoms with Crippen LogP contribution in [-0.2, 0) is 13.1 Å². The van der Waals surface area contributed by atoms with E-state index >= 15 is 0 Å². The molecular weight excluding hydrogens is 328 g/mol. The van der Waals surface area contributed by atoms with Crippen LogP contribution in [-0.4, -0.2) is 23.9 Å².